The van der Waals surface area contributed by atoms with Crippen LogP contribution >= 0.6 is 11.6 Å². The van der Waals surface area contributed by atoms with Crippen LogP contribution in [0, 0.1) is 12.2 Å². The van der Waals surface area contributed by atoms with Gasteiger partial charge < -0.3 is 33.7 Å². The molecule has 8 nitrogen and oxygen atoms in total. The van der Waals surface area contributed by atoms with Gasteiger partial charge in [0, 0.05) is 58.3 Å². The molecule has 0 fully saturated rings. The van der Waals surface area contributed by atoms with Gasteiger partial charge in [-0.15, -0.1) is 4.58 Å². The lowest BCUT2D eigenvalue weighted by molar-refractivity contribution is -0.333. The molecule has 2 aliphatic heterocycles. The average molecular weight is 716 g/mol. The molecule has 3 aliphatic rings. The van der Waals surface area contributed by atoms with Gasteiger partial charge in [0.2, 0.25) is 11.4 Å². The van der Waals surface area contributed by atoms with Crippen molar-refractivity contribution in [2.75, 3.05) is 52.6 Å². The van der Waals surface area contributed by atoms with Crippen LogP contribution in [0.25, 0.3) is 0 Å². The molecule has 0 unspecified atom stereocenters. The molecule has 5 rings (SSSR count). The minimum Gasteiger partial charge on any atom is -0.496 e. The number of benzene rings is 2. The third-order valence-corrected chi connectivity index (χ3v) is 10.6. The number of methoxy groups -OCH3 is 3. The number of fused-ring (bicyclic) bond motifs is 2. The topological polar surface area (TPSA) is 72.6 Å². The number of hydrogen-bond acceptors (Lipinski definition) is 7. The van der Waals surface area contributed by atoms with Crippen LogP contribution in [0.3, 0.4) is 0 Å². The summed E-state index contributed by atoms with van der Waals surface area (Å²) < 4.78 is 30.2. The maximum Gasteiger partial charge on any atom is 0.273 e. The molecule has 0 amide bonds. The van der Waals surface area contributed by atoms with E-state index >= 15 is 0 Å². The number of nitrogens with zero attached hydrogens (tertiary/aromatic N) is 2. The van der Waals surface area contributed by atoms with Crippen LogP contribution in [-0.2, 0) is 26.9 Å². The summed E-state index contributed by atoms with van der Waals surface area (Å²) in [6.45, 7) is 15.1. The molecule has 2 aromatic rings. The van der Waals surface area contributed by atoms with Gasteiger partial charge in [-0.1, -0.05) is 37.6 Å². The summed E-state index contributed by atoms with van der Waals surface area (Å²) in [6.07, 6.45) is 14.3. The third kappa shape index (κ3) is 7.30. The number of aliphatic hydroxyl groups excluding tert-OH is 1. The molecule has 0 aromatic heterocycles. The Balaban J connectivity index is 1.55. The van der Waals surface area contributed by atoms with E-state index in [9.17, 15) is 5.11 Å². The van der Waals surface area contributed by atoms with E-state index in [0.29, 0.717) is 43.6 Å². The Bertz CT molecular complexity index is 1870. The molecule has 1 N–H and O–H groups in total. The molecule has 0 radical (unpaired) electrons. The number of allylic oxidation sites excluding steroid dienone is 8. The molecule has 2 aromatic carbocycles. The minimum absolute atomic E-state index is 0.0904. The lowest BCUT2D eigenvalue weighted by atomic mass is 9.81. The molecule has 0 atom stereocenters. The highest BCUT2D eigenvalue weighted by atomic mass is 35.5. The van der Waals surface area contributed by atoms with E-state index in [2.05, 4.69) is 75.1 Å². The van der Waals surface area contributed by atoms with Crippen LogP contribution in [0.5, 0.6) is 17.2 Å². The molecule has 2 heterocycles. The van der Waals surface area contributed by atoms with Gasteiger partial charge in [0.25, 0.3) is 6.04 Å². The fraction of sp³-hybridized carbons (Fsp3) is 0.452. The Morgan fingerprint density at radius 3 is 2.27 bits per heavy atom. The van der Waals surface area contributed by atoms with Crippen molar-refractivity contribution in [2.24, 2.45) is 0 Å². The van der Waals surface area contributed by atoms with Crippen molar-refractivity contribution in [3.05, 3.63) is 87.1 Å². The van der Waals surface area contributed by atoms with E-state index in [1.54, 1.807) is 21.3 Å². The van der Waals surface area contributed by atoms with Gasteiger partial charge in [-0.05, 0) is 81.9 Å². The zero-order valence-corrected chi connectivity index (χ0v) is 32.3. The van der Waals surface area contributed by atoms with E-state index in [0.717, 1.165) is 74.9 Å². The van der Waals surface area contributed by atoms with Crippen LogP contribution in [0.1, 0.15) is 77.5 Å². The summed E-state index contributed by atoms with van der Waals surface area (Å²) in [6, 6.07) is 11.3. The summed E-state index contributed by atoms with van der Waals surface area (Å²) in [5, 5.41) is 10.9. The fourth-order valence-corrected chi connectivity index (χ4v) is 7.63. The first-order valence-corrected chi connectivity index (χ1v) is 18.1. The first-order chi connectivity index (χ1) is 24.5. The van der Waals surface area contributed by atoms with Crippen molar-refractivity contribution >= 4 is 28.7 Å². The Kier molecular flexibility index (Phi) is 12.0. The largest absolute Gasteiger partial charge is 0.496 e. The predicted octanol–water partition coefficient (Wildman–Crippen LogP) is 8.41. The zero-order chi connectivity index (χ0) is 36.9. The summed E-state index contributed by atoms with van der Waals surface area (Å²) in [7, 11) is 4.93. The maximum atomic E-state index is 10.1. The van der Waals surface area contributed by atoms with Gasteiger partial charge in [-0.2, -0.15) is 0 Å². The second kappa shape index (κ2) is 16.0. The van der Waals surface area contributed by atoms with Gasteiger partial charge in [0.15, 0.2) is 17.6 Å². The molecular weight excluding hydrogens is 664 g/mol. The predicted molar refractivity (Wildman–Crippen MR) is 205 cm³/mol. The van der Waals surface area contributed by atoms with Crippen LogP contribution in [0.4, 0.5) is 11.4 Å². The van der Waals surface area contributed by atoms with Crippen LogP contribution < -0.4 is 19.1 Å². The van der Waals surface area contributed by atoms with E-state index in [4.69, 9.17) is 35.3 Å². The quantitative estimate of drug-likeness (QED) is 0.134. The highest BCUT2D eigenvalue weighted by Gasteiger charge is 2.46. The van der Waals surface area contributed by atoms with Gasteiger partial charge in [-0.25, -0.2) is 0 Å². The van der Waals surface area contributed by atoms with Crippen molar-refractivity contribution < 1.29 is 33.4 Å². The summed E-state index contributed by atoms with van der Waals surface area (Å²) in [4.78, 5) is 2.31. The van der Waals surface area contributed by atoms with Crippen molar-refractivity contribution in [3.8, 4) is 29.4 Å². The number of rotatable bonds is 12. The lowest BCUT2D eigenvalue weighted by Gasteiger charge is -2.27. The van der Waals surface area contributed by atoms with E-state index in [1.165, 1.54) is 0 Å². The Morgan fingerprint density at radius 1 is 0.882 bits per heavy atom. The number of ether oxygens (including phenoxy) is 5. The van der Waals surface area contributed by atoms with Gasteiger partial charge in [-0.3, -0.25) is 0 Å². The Hall–Kier alpha value is -4.16. The van der Waals surface area contributed by atoms with Crippen molar-refractivity contribution in [3.63, 3.8) is 0 Å². The number of aliphatic hydroxyl groups is 1. The van der Waals surface area contributed by atoms with Crippen LogP contribution in [0.2, 0.25) is 0 Å². The summed E-state index contributed by atoms with van der Waals surface area (Å²) in [5.41, 5.74) is 8.62. The highest BCUT2D eigenvalue weighted by molar-refractivity contribution is 6.32. The Morgan fingerprint density at radius 2 is 1.61 bits per heavy atom. The maximum absolute atomic E-state index is 10.1. The molecule has 1 aliphatic carbocycles. The van der Waals surface area contributed by atoms with Crippen molar-refractivity contribution in [1.29, 1.82) is 0 Å². The van der Waals surface area contributed by atoms with Gasteiger partial charge >= 0.3 is 0 Å². The molecule has 0 saturated heterocycles. The van der Waals surface area contributed by atoms with E-state index < -0.39 is 0 Å². The first kappa shape index (κ1) is 38.1. The van der Waals surface area contributed by atoms with Gasteiger partial charge in [0.1, 0.15) is 5.75 Å². The average Bonchev–Trinajstić information content (AvgIpc) is 3.46. The smallest absolute Gasteiger partial charge is 0.273 e. The van der Waals surface area contributed by atoms with Crippen LogP contribution in [-0.4, -0.2) is 63.1 Å². The molecule has 0 saturated carbocycles. The molecular formula is C42H52ClN2O6+. The molecule has 272 valence electrons. The molecule has 51 heavy (non-hydrogen) atoms. The number of anilines is 1. The SMILES string of the molecule is CCOC#C[N+]1=C(/C=C/C2=C(Cl)C(=C/C=C3\N(CCOCC)c4cc(OC)c(CO)cc4C3(C)C)/CCC2)C(C)(C)c2cc(OC)c(OC)cc21. The number of halogens is 1. The normalized spacial score (nSPS) is 19.1. The second-order valence-electron chi connectivity index (χ2n) is 13.8. The van der Waals surface area contributed by atoms with E-state index in [-0.39, 0.29) is 17.4 Å². The standard InChI is InChI=1S/C42H52ClN2O6/c1-10-50-21-19-44-33-25-35(47-7)30(27-46)23-31(33)41(3,4)38(44)17-15-28-13-12-14-29(40(28)43)16-18-39-42(5,6)32-24-36(48-8)37(49-9)26-34(32)45(39)20-22-51-11-2/h15-18,23-26,46H,10-14,19,21,27H2,1-9H3/q+1. The number of hydrogen-bond donors (Lipinski definition) is 1. The molecule has 0 bridgehead atoms. The molecule has 0 spiro atoms. The zero-order valence-electron chi connectivity index (χ0n) is 31.5. The highest BCUT2D eigenvalue weighted by Crippen LogP contribution is 2.50. The van der Waals surface area contributed by atoms with E-state index in [1.807, 2.05) is 36.6 Å². The molecule has 9 heteroatoms. The lowest BCUT2D eigenvalue weighted by Crippen LogP contribution is -2.29. The van der Waals surface area contributed by atoms with Crippen molar-refractivity contribution in [1.82, 2.24) is 0 Å². The summed E-state index contributed by atoms with van der Waals surface area (Å²) in [5.74, 6) is 1.99. The van der Waals surface area contributed by atoms with Crippen molar-refractivity contribution in [2.45, 2.75) is 78.2 Å². The summed E-state index contributed by atoms with van der Waals surface area (Å²) >= 11 is 7.22. The Labute approximate surface area is 308 Å². The monoisotopic (exact) mass is 715 g/mol. The first-order valence-electron chi connectivity index (χ1n) is 17.7. The van der Waals surface area contributed by atoms with Gasteiger partial charge in [0.05, 0.1) is 52.6 Å². The van der Waals surface area contributed by atoms with Crippen LogP contribution in [0.15, 0.2) is 70.4 Å². The third-order valence-electron chi connectivity index (χ3n) is 10.1. The second-order valence-corrected chi connectivity index (χ2v) is 14.2. The fourth-order valence-electron chi connectivity index (χ4n) is 7.32. The minimum atomic E-state index is -0.385.